The Bertz CT molecular complexity index is 1010. The van der Waals surface area contributed by atoms with Crippen molar-refractivity contribution < 1.29 is 9.90 Å². The van der Waals surface area contributed by atoms with Gasteiger partial charge in [-0.3, -0.25) is 14.2 Å². The molecule has 0 fully saturated rings. The van der Waals surface area contributed by atoms with E-state index in [1.807, 2.05) is 13.0 Å². The fraction of sp³-hybridized carbons (Fsp3) is 0.167. The van der Waals surface area contributed by atoms with Crippen molar-refractivity contribution in [1.29, 1.82) is 0 Å². The van der Waals surface area contributed by atoms with E-state index in [1.54, 1.807) is 30.3 Å². The second-order valence-electron chi connectivity index (χ2n) is 5.72. The summed E-state index contributed by atoms with van der Waals surface area (Å²) in [6.45, 7) is 2.05. The highest BCUT2D eigenvalue weighted by Crippen LogP contribution is 2.24. The van der Waals surface area contributed by atoms with Gasteiger partial charge in [0.25, 0.3) is 5.56 Å². The van der Waals surface area contributed by atoms with E-state index < -0.39 is 0 Å². The Morgan fingerprint density at radius 3 is 2.84 bits per heavy atom. The third-order valence-corrected chi connectivity index (χ3v) is 4.29. The summed E-state index contributed by atoms with van der Waals surface area (Å²) >= 11 is 3.34. The maximum Gasteiger partial charge on any atom is 0.261 e. The summed E-state index contributed by atoms with van der Waals surface area (Å²) in [6.07, 6.45) is 1.53. The molecule has 0 aliphatic carbocycles. The molecule has 128 valence electrons. The van der Waals surface area contributed by atoms with Gasteiger partial charge in [-0.2, -0.15) is 0 Å². The molecule has 3 aromatic rings. The number of aromatic nitrogens is 2. The molecule has 0 aliphatic rings. The van der Waals surface area contributed by atoms with Crippen LogP contribution in [0.3, 0.4) is 0 Å². The molecule has 1 heterocycles. The first-order chi connectivity index (χ1) is 11.9. The van der Waals surface area contributed by atoms with Gasteiger partial charge in [-0.15, -0.1) is 0 Å². The minimum atomic E-state index is -0.291. The number of benzene rings is 2. The maximum absolute atomic E-state index is 12.5. The van der Waals surface area contributed by atoms with Crippen LogP contribution < -0.4 is 10.9 Å². The molecule has 2 N–H and O–H groups in total. The first-order valence-corrected chi connectivity index (χ1v) is 8.47. The van der Waals surface area contributed by atoms with Crippen molar-refractivity contribution in [3.63, 3.8) is 0 Å². The topological polar surface area (TPSA) is 84.2 Å². The fourth-order valence-electron chi connectivity index (χ4n) is 2.47. The van der Waals surface area contributed by atoms with Crippen LogP contribution >= 0.6 is 15.9 Å². The molecule has 2 aromatic carbocycles. The van der Waals surface area contributed by atoms with Crippen LogP contribution in [-0.2, 0) is 11.3 Å². The number of phenolic OH excluding ortho intramolecular Hbond substituents is 1. The highest BCUT2D eigenvalue weighted by Gasteiger charge is 2.09. The number of carbonyl (C=O) groups is 1. The van der Waals surface area contributed by atoms with Gasteiger partial charge in [0.15, 0.2) is 0 Å². The lowest BCUT2D eigenvalue weighted by atomic mass is 10.2. The summed E-state index contributed by atoms with van der Waals surface area (Å²) in [7, 11) is 0. The van der Waals surface area contributed by atoms with Crippen molar-refractivity contribution in [2.75, 3.05) is 5.32 Å². The lowest BCUT2D eigenvalue weighted by Gasteiger charge is -2.09. The highest BCUT2D eigenvalue weighted by atomic mass is 79.9. The molecule has 0 spiro atoms. The highest BCUT2D eigenvalue weighted by molar-refractivity contribution is 9.10. The van der Waals surface area contributed by atoms with E-state index >= 15 is 0 Å². The largest absolute Gasteiger partial charge is 0.506 e. The quantitative estimate of drug-likeness (QED) is 0.657. The molecule has 0 saturated heterocycles. The summed E-state index contributed by atoms with van der Waals surface area (Å²) in [4.78, 5) is 28.8. The predicted molar refractivity (Wildman–Crippen MR) is 99.8 cm³/mol. The zero-order valence-corrected chi connectivity index (χ0v) is 15.1. The minimum Gasteiger partial charge on any atom is -0.506 e. The third kappa shape index (κ3) is 3.88. The van der Waals surface area contributed by atoms with Crippen molar-refractivity contribution in [2.24, 2.45) is 0 Å². The molecule has 1 aromatic heterocycles. The number of rotatable bonds is 4. The zero-order valence-electron chi connectivity index (χ0n) is 13.5. The average molecular weight is 402 g/mol. The van der Waals surface area contributed by atoms with Gasteiger partial charge in [-0.05, 0) is 42.8 Å². The molecular formula is C18H16BrN3O3. The molecule has 0 unspecified atom stereocenters. The smallest absolute Gasteiger partial charge is 0.261 e. The number of aromatic hydroxyl groups is 1. The maximum atomic E-state index is 12.5. The lowest BCUT2D eigenvalue weighted by molar-refractivity contribution is -0.116. The zero-order chi connectivity index (χ0) is 18.0. The molecule has 0 atom stereocenters. The van der Waals surface area contributed by atoms with Crippen LogP contribution in [0.1, 0.15) is 12.0 Å². The minimum absolute atomic E-state index is 0.0164. The van der Waals surface area contributed by atoms with E-state index in [4.69, 9.17) is 0 Å². The number of halogens is 1. The SMILES string of the molecule is Cc1ccc(NC(=O)CCn2cnc3ccc(Br)cc3c2=O)c(O)c1. The Kier molecular flexibility index (Phi) is 4.85. The van der Waals surface area contributed by atoms with Gasteiger partial charge in [-0.1, -0.05) is 22.0 Å². The Morgan fingerprint density at radius 2 is 2.08 bits per heavy atom. The second-order valence-corrected chi connectivity index (χ2v) is 6.64. The predicted octanol–water partition coefficient (Wildman–Crippen LogP) is 3.20. The molecule has 1 amide bonds. The summed E-state index contributed by atoms with van der Waals surface area (Å²) in [5, 5.41) is 13.0. The molecule has 3 rings (SSSR count). The summed E-state index contributed by atoms with van der Waals surface area (Å²) in [5.74, 6) is -0.275. The number of phenols is 1. The second kappa shape index (κ2) is 7.06. The normalized spacial score (nSPS) is 10.8. The van der Waals surface area contributed by atoms with Crippen molar-refractivity contribution in [3.05, 3.63) is 63.1 Å². The van der Waals surface area contributed by atoms with Crippen LogP contribution in [0.5, 0.6) is 5.75 Å². The monoisotopic (exact) mass is 401 g/mol. The van der Waals surface area contributed by atoms with E-state index in [2.05, 4.69) is 26.2 Å². The molecule has 0 radical (unpaired) electrons. The van der Waals surface area contributed by atoms with Gasteiger partial charge in [0.2, 0.25) is 5.91 Å². The van der Waals surface area contributed by atoms with Gasteiger partial charge in [0, 0.05) is 17.4 Å². The van der Waals surface area contributed by atoms with Gasteiger partial charge < -0.3 is 10.4 Å². The lowest BCUT2D eigenvalue weighted by Crippen LogP contribution is -2.23. The fourth-order valence-corrected chi connectivity index (χ4v) is 2.83. The average Bonchev–Trinajstić information content (AvgIpc) is 2.57. The van der Waals surface area contributed by atoms with Crippen LogP contribution in [0.4, 0.5) is 5.69 Å². The van der Waals surface area contributed by atoms with E-state index in [-0.39, 0.29) is 30.2 Å². The van der Waals surface area contributed by atoms with E-state index in [0.29, 0.717) is 16.6 Å². The van der Waals surface area contributed by atoms with Crippen LogP contribution in [0.15, 0.2) is 52.0 Å². The number of aryl methyl sites for hydroxylation is 2. The number of fused-ring (bicyclic) bond motifs is 1. The van der Waals surface area contributed by atoms with E-state index in [1.165, 1.54) is 10.9 Å². The molecule has 0 saturated carbocycles. The van der Waals surface area contributed by atoms with E-state index in [0.717, 1.165) is 10.0 Å². The molecule has 6 nitrogen and oxygen atoms in total. The molecule has 7 heteroatoms. The van der Waals surface area contributed by atoms with Crippen LogP contribution in [-0.4, -0.2) is 20.6 Å². The Hall–Kier alpha value is -2.67. The first kappa shape index (κ1) is 17.2. The summed E-state index contributed by atoms with van der Waals surface area (Å²) in [5.41, 5.74) is 1.66. The first-order valence-electron chi connectivity index (χ1n) is 7.68. The summed E-state index contributed by atoms with van der Waals surface area (Å²) in [6, 6.07) is 10.3. The third-order valence-electron chi connectivity index (χ3n) is 3.79. The standard InChI is InChI=1S/C18H16BrN3O3/c1-11-2-4-15(16(23)8-11)21-17(24)6-7-22-10-20-14-5-3-12(19)9-13(14)18(22)25/h2-5,8-10,23H,6-7H2,1H3,(H,21,24). The number of anilines is 1. The van der Waals surface area contributed by atoms with Crippen molar-refractivity contribution in [2.45, 2.75) is 19.9 Å². The number of carbonyl (C=O) groups excluding carboxylic acids is 1. The molecule has 0 aliphatic heterocycles. The van der Waals surface area contributed by atoms with Gasteiger partial charge in [0.05, 0.1) is 22.9 Å². The number of nitrogens with one attached hydrogen (secondary N) is 1. The Labute approximate surface area is 152 Å². The number of hydrogen-bond donors (Lipinski definition) is 2. The number of amides is 1. The Morgan fingerprint density at radius 1 is 1.28 bits per heavy atom. The number of hydrogen-bond acceptors (Lipinski definition) is 4. The van der Waals surface area contributed by atoms with Crippen molar-refractivity contribution in [1.82, 2.24) is 9.55 Å². The Balaban J connectivity index is 1.73. The van der Waals surface area contributed by atoms with Crippen LogP contribution in [0.2, 0.25) is 0 Å². The van der Waals surface area contributed by atoms with Crippen molar-refractivity contribution >= 4 is 38.4 Å². The molecule has 25 heavy (non-hydrogen) atoms. The van der Waals surface area contributed by atoms with Gasteiger partial charge in [-0.25, -0.2) is 4.98 Å². The number of nitrogens with zero attached hydrogens (tertiary/aromatic N) is 2. The molecular weight excluding hydrogens is 386 g/mol. The van der Waals surface area contributed by atoms with Crippen LogP contribution in [0, 0.1) is 6.92 Å². The molecule has 0 bridgehead atoms. The summed E-state index contributed by atoms with van der Waals surface area (Å²) < 4.78 is 2.20. The van der Waals surface area contributed by atoms with Gasteiger partial charge in [0.1, 0.15) is 5.75 Å². The van der Waals surface area contributed by atoms with Crippen LogP contribution in [0.25, 0.3) is 10.9 Å². The van der Waals surface area contributed by atoms with E-state index in [9.17, 15) is 14.7 Å². The van der Waals surface area contributed by atoms with Crippen molar-refractivity contribution in [3.8, 4) is 5.75 Å². The van der Waals surface area contributed by atoms with Gasteiger partial charge >= 0.3 is 0 Å².